The molecule has 0 radical (unpaired) electrons. The van der Waals surface area contributed by atoms with Crippen LogP contribution in [0.1, 0.15) is 55.2 Å². The Balaban J connectivity index is 1.51. The van der Waals surface area contributed by atoms with Gasteiger partial charge in [-0.2, -0.15) is 0 Å². The third kappa shape index (κ3) is 15.0. The summed E-state index contributed by atoms with van der Waals surface area (Å²) in [5.41, 5.74) is 19.7. The maximum absolute atomic E-state index is 14.6. The lowest BCUT2D eigenvalue weighted by atomic mass is 10.0. The zero-order chi connectivity index (χ0) is 45.1. The molecule has 334 valence electrons. The van der Waals surface area contributed by atoms with Crippen molar-refractivity contribution in [2.75, 3.05) is 32.7 Å². The van der Waals surface area contributed by atoms with Crippen LogP contribution in [0, 0.1) is 0 Å². The summed E-state index contributed by atoms with van der Waals surface area (Å²) in [4.78, 5) is 106. The molecular formula is C45H57N11O7. The molecule has 0 unspecified atom stereocenters. The van der Waals surface area contributed by atoms with Gasteiger partial charge in [-0.15, -0.1) is 0 Å². The van der Waals surface area contributed by atoms with Crippen molar-refractivity contribution in [2.24, 2.45) is 22.2 Å². The van der Waals surface area contributed by atoms with E-state index >= 15 is 0 Å². The maximum atomic E-state index is 14.6. The van der Waals surface area contributed by atoms with Crippen molar-refractivity contribution in [2.45, 2.75) is 76.0 Å². The zero-order valence-corrected chi connectivity index (χ0v) is 35.2. The number of primary amides is 1. The van der Waals surface area contributed by atoms with Crippen LogP contribution in [-0.2, 0) is 52.9 Å². The van der Waals surface area contributed by atoms with Gasteiger partial charge >= 0.3 is 0 Å². The molecule has 7 amide bonds. The number of hydrogen-bond donors (Lipinski definition) is 8. The molecule has 4 aromatic rings. The van der Waals surface area contributed by atoms with Gasteiger partial charge in [-0.25, -0.2) is 0 Å². The summed E-state index contributed by atoms with van der Waals surface area (Å²) in [5.74, 6) is -4.29. The summed E-state index contributed by atoms with van der Waals surface area (Å²) in [5, 5.41) is 12.0. The fraction of sp³-hybridized carbons (Fsp3) is 0.378. The van der Waals surface area contributed by atoms with Crippen LogP contribution in [0.2, 0.25) is 0 Å². The summed E-state index contributed by atoms with van der Waals surface area (Å²) in [6, 6.07) is 22.0. The lowest BCUT2D eigenvalue weighted by Gasteiger charge is -2.30. The van der Waals surface area contributed by atoms with Gasteiger partial charge < -0.3 is 53.3 Å². The standard InChI is InChI=1S/C45H57N11O7/c46-38(57)28-55-23-22-49-39(58)19-9-10-20-40(59)53-36(24-30-12-3-1-4-13-30)44(63)56(27-31-14-5-2-6-15-31)29-41(60)52-35(18-11-21-50-45(47)48)42(61)54-37(43(55)62)25-32-26-51-34-17-8-7-16-33(32)34/h1-8,12-17,26,35-37,51H,9-11,18-25,27-29H2,(H2,46,57)(H,49,58)(H,52,60)(H,53,59)(H,54,61)(H4,47,48,50)/t35-,36-,37-/m0/s1. The number of nitrogens with one attached hydrogen (secondary N) is 5. The number of rotatable bonds is 12. The van der Waals surface area contributed by atoms with Crippen LogP contribution in [0.25, 0.3) is 10.9 Å². The fourth-order valence-electron chi connectivity index (χ4n) is 7.40. The monoisotopic (exact) mass is 863 g/mol. The van der Waals surface area contributed by atoms with E-state index in [4.69, 9.17) is 17.2 Å². The number of H-pyrrole nitrogens is 1. The molecule has 3 aromatic carbocycles. The third-order valence-electron chi connectivity index (χ3n) is 10.5. The first kappa shape index (κ1) is 46.8. The Labute approximate surface area is 365 Å². The molecule has 18 nitrogen and oxygen atoms in total. The number of nitrogens with two attached hydrogens (primary N) is 3. The summed E-state index contributed by atoms with van der Waals surface area (Å²) >= 11 is 0. The molecule has 0 spiro atoms. The van der Waals surface area contributed by atoms with E-state index in [-0.39, 0.29) is 76.6 Å². The lowest BCUT2D eigenvalue weighted by molar-refractivity contribution is -0.141. The quantitative estimate of drug-likeness (QED) is 0.0559. The van der Waals surface area contributed by atoms with Crippen LogP contribution in [0.3, 0.4) is 0 Å². The van der Waals surface area contributed by atoms with Crippen molar-refractivity contribution in [3.8, 4) is 0 Å². The number of benzene rings is 3. The molecule has 0 aliphatic carbocycles. The van der Waals surface area contributed by atoms with E-state index < -0.39 is 66.7 Å². The van der Waals surface area contributed by atoms with Gasteiger partial charge in [0.05, 0.1) is 13.1 Å². The van der Waals surface area contributed by atoms with Crippen LogP contribution in [0.4, 0.5) is 0 Å². The van der Waals surface area contributed by atoms with E-state index in [0.717, 1.165) is 16.5 Å². The van der Waals surface area contributed by atoms with Crippen LogP contribution in [-0.4, -0.2) is 113 Å². The highest BCUT2D eigenvalue weighted by Crippen LogP contribution is 2.20. The Morgan fingerprint density at radius 1 is 0.683 bits per heavy atom. The Morgan fingerprint density at radius 2 is 1.30 bits per heavy atom. The van der Waals surface area contributed by atoms with Gasteiger partial charge in [-0.3, -0.25) is 38.6 Å². The van der Waals surface area contributed by atoms with Gasteiger partial charge in [-0.1, -0.05) is 78.9 Å². The predicted octanol–water partition coefficient (Wildman–Crippen LogP) is 0.494. The topological polar surface area (TPSA) is 280 Å². The highest BCUT2D eigenvalue weighted by atomic mass is 16.2. The van der Waals surface area contributed by atoms with Crippen LogP contribution in [0.5, 0.6) is 0 Å². The number of aromatic nitrogens is 1. The Morgan fingerprint density at radius 3 is 2.00 bits per heavy atom. The molecule has 1 fully saturated rings. The van der Waals surface area contributed by atoms with E-state index in [1.54, 1.807) is 30.5 Å². The molecule has 1 aliphatic rings. The molecule has 1 aromatic heterocycles. The largest absolute Gasteiger partial charge is 0.370 e. The molecule has 63 heavy (non-hydrogen) atoms. The average Bonchev–Trinajstić information content (AvgIpc) is 3.67. The maximum Gasteiger partial charge on any atom is 0.246 e. The first-order valence-corrected chi connectivity index (χ1v) is 21.1. The minimum atomic E-state index is -1.26. The SMILES string of the molecule is NC(=O)CN1CCNC(=O)CCCCC(=O)N[C@@H](Cc2ccccc2)C(=O)N(Cc2ccccc2)CC(=O)N[C@@H](CCCN=C(N)N)C(=O)N[C@@H](Cc2c[nH]c3ccccc23)C1=O. The zero-order valence-electron chi connectivity index (χ0n) is 35.2. The highest BCUT2D eigenvalue weighted by Gasteiger charge is 2.33. The third-order valence-corrected chi connectivity index (χ3v) is 10.5. The Hall–Kier alpha value is -7.24. The average molecular weight is 864 g/mol. The molecule has 1 aliphatic heterocycles. The second kappa shape index (κ2) is 23.7. The van der Waals surface area contributed by atoms with Gasteiger partial charge in [0, 0.05) is 69.0 Å². The number of carbonyl (C=O) groups is 7. The molecular weight excluding hydrogens is 807 g/mol. The number of aliphatic imine (C=N–C) groups is 1. The number of nitrogens with zero attached hydrogens (tertiary/aromatic N) is 3. The molecule has 11 N–H and O–H groups in total. The predicted molar refractivity (Wildman–Crippen MR) is 237 cm³/mol. The van der Waals surface area contributed by atoms with Crippen LogP contribution in [0.15, 0.2) is 96.1 Å². The second-order valence-electron chi connectivity index (χ2n) is 15.5. The van der Waals surface area contributed by atoms with Gasteiger partial charge in [-0.05, 0) is 48.4 Å². The first-order valence-electron chi connectivity index (χ1n) is 21.1. The fourth-order valence-corrected chi connectivity index (χ4v) is 7.40. The van der Waals surface area contributed by atoms with Gasteiger partial charge in [0.15, 0.2) is 5.96 Å². The molecule has 18 heteroatoms. The number of aromatic amines is 1. The highest BCUT2D eigenvalue weighted by molar-refractivity contribution is 5.96. The number of guanidine groups is 1. The number of hydrogen-bond acceptors (Lipinski definition) is 8. The van der Waals surface area contributed by atoms with Crippen LogP contribution >= 0.6 is 0 Å². The smallest absolute Gasteiger partial charge is 0.246 e. The molecule has 0 bridgehead atoms. The Bertz CT molecular complexity index is 2230. The van der Waals surface area contributed by atoms with Gasteiger partial charge in [0.25, 0.3) is 0 Å². The number of carbonyl (C=O) groups excluding carboxylic acids is 7. The van der Waals surface area contributed by atoms with E-state index in [0.29, 0.717) is 24.0 Å². The van der Waals surface area contributed by atoms with Crippen molar-refractivity contribution in [1.29, 1.82) is 0 Å². The number of amides is 7. The minimum Gasteiger partial charge on any atom is -0.370 e. The molecule has 1 saturated heterocycles. The Kier molecular flexibility index (Phi) is 17.6. The number of fused-ring (bicyclic) bond motifs is 1. The first-order chi connectivity index (χ1) is 30.4. The van der Waals surface area contributed by atoms with Gasteiger partial charge in [0.2, 0.25) is 41.4 Å². The van der Waals surface area contributed by atoms with E-state index in [1.165, 1.54) is 9.80 Å². The minimum absolute atomic E-state index is 0.00160. The lowest BCUT2D eigenvalue weighted by Crippen LogP contribution is -2.57. The van der Waals surface area contributed by atoms with Crippen molar-refractivity contribution in [1.82, 2.24) is 36.1 Å². The molecule has 0 saturated carbocycles. The second-order valence-corrected chi connectivity index (χ2v) is 15.5. The molecule has 5 rings (SSSR count). The van der Waals surface area contributed by atoms with Crippen LogP contribution < -0.4 is 38.5 Å². The van der Waals surface area contributed by atoms with Gasteiger partial charge in [0.1, 0.15) is 18.1 Å². The summed E-state index contributed by atoms with van der Waals surface area (Å²) in [7, 11) is 0. The summed E-state index contributed by atoms with van der Waals surface area (Å²) in [6.07, 6.45) is 2.91. The van der Waals surface area contributed by atoms with Crippen molar-refractivity contribution in [3.05, 3.63) is 108 Å². The van der Waals surface area contributed by atoms with Crippen molar-refractivity contribution < 1.29 is 33.6 Å². The molecule has 2 heterocycles. The number of para-hydroxylation sites is 1. The van der Waals surface area contributed by atoms with Crippen molar-refractivity contribution >= 4 is 58.2 Å². The van der Waals surface area contributed by atoms with E-state index in [2.05, 4.69) is 31.2 Å². The van der Waals surface area contributed by atoms with E-state index in [1.807, 2.05) is 60.7 Å². The molecule has 3 atom stereocenters. The normalized spacial score (nSPS) is 19.2. The van der Waals surface area contributed by atoms with Crippen molar-refractivity contribution in [3.63, 3.8) is 0 Å². The summed E-state index contributed by atoms with van der Waals surface area (Å²) in [6.45, 7) is -1.01. The summed E-state index contributed by atoms with van der Waals surface area (Å²) < 4.78 is 0. The van der Waals surface area contributed by atoms with E-state index in [9.17, 15) is 33.6 Å².